The fraction of sp³-hybridized carbons (Fsp3) is 0.0769. The summed E-state index contributed by atoms with van der Waals surface area (Å²) in [6.45, 7) is 0. The average molecular weight is 292 g/mol. The highest BCUT2D eigenvalue weighted by molar-refractivity contribution is 6.27. The van der Waals surface area contributed by atoms with Crippen LogP contribution in [0, 0.1) is 0 Å². The number of hydrogen-bond donors (Lipinski definition) is 3. The number of para-hydroxylation sites is 1. The second kappa shape index (κ2) is 7.43. The fourth-order valence-electron chi connectivity index (χ4n) is 1.30. The predicted octanol–water partition coefficient (Wildman–Crippen LogP) is 0.479. The molecular formula is C13H12N2O6. The molecule has 1 amide bonds. The lowest BCUT2D eigenvalue weighted by molar-refractivity contribution is -0.159. The van der Waals surface area contributed by atoms with Crippen molar-refractivity contribution in [2.75, 3.05) is 0 Å². The Hall–Kier alpha value is -3.16. The Morgan fingerprint density at radius 1 is 1.10 bits per heavy atom. The molecule has 4 N–H and O–H groups in total. The molecule has 2 rings (SSSR count). The monoisotopic (exact) mass is 292 g/mol. The summed E-state index contributed by atoms with van der Waals surface area (Å²) in [5, 5.41) is 18.6. The van der Waals surface area contributed by atoms with Crippen molar-refractivity contribution >= 4 is 29.6 Å². The second-order valence-corrected chi connectivity index (χ2v) is 3.80. The number of carboxylic acids is 2. The van der Waals surface area contributed by atoms with Gasteiger partial charge in [0, 0.05) is 5.56 Å². The van der Waals surface area contributed by atoms with E-state index in [0.717, 1.165) is 5.56 Å². The summed E-state index contributed by atoms with van der Waals surface area (Å²) in [7, 11) is 0. The van der Waals surface area contributed by atoms with E-state index in [0.29, 0.717) is 11.5 Å². The molecule has 1 heterocycles. The minimum absolute atomic E-state index is 0.0878. The molecule has 0 radical (unpaired) electrons. The van der Waals surface area contributed by atoms with Gasteiger partial charge < -0.3 is 20.8 Å². The molecule has 110 valence electrons. The summed E-state index contributed by atoms with van der Waals surface area (Å²) in [4.78, 5) is 34.1. The number of nitrogens with zero attached hydrogens (tertiary/aromatic N) is 1. The van der Waals surface area contributed by atoms with E-state index < -0.39 is 17.8 Å². The van der Waals surface area contributed by atoms with Crippen LogP contribution in [0.2, 0.25) is 0 Å². The molecule has 0 saturated heterocycles. The van der Waals surface area contributed by atoms with Gasteiger partial charge in [-0.05, 0) is 18.2 Å². The number of rotatable bonds is 2. The highest BCUT2D eigenvalue weighted by Crippen LogP contribution is 2.21. The standard InChI is InChI=1S/C11H10N2O2.C2H2O4/c12-11(14)7-9-6-5-8-3-1-2-4-10(8)15-13-9;3-1(4)2(5)6/h1-6H,7H2,(H2,12,14);(H,3,4)(H,5,6). The number of nitrogens with two attached hydrogens (primary N) is 1. The first-order valence-corrected chi connectivity index (χ1v) is 5.65. The van der Waals surface area contributed by atoms with Crippen LogP contribution in [0.25, 0.3) is 6.08 Å². The molecule has 1 aliphatic heterocycles. The zero-order chi connectivity index (χ0) is 15.8. The molecule has 21 heavy (non-hydrogen) atoms. The number of fused-ring (bicyclic) bond motifs is 1. The van der Waals surface area contributed by atoms with E-state index >= 15 is 0 Å². The van der Waals surface area contributed by atoms with E-state index in [-0.39, 0.29) is 6.42 Å². The summed E-state index contributed by atoms with van der Waals surface area (Å²) in [6.07, 6.45) is 3.67. The van der Waals surface area contributed by atoms with Crippen LogP contribution in [-0.2, 0) is 14.4 Å². The summed E-state index contributed by atoms with van der Waals surface area (Å²) < 4.78 is 0. The first kappa shape index (κ1) is 15.9. The molecule has 8 heteroatoms. The van der Waals surface area contributed by atoms with E-state index in [2.05, 4.69) is 5.16 Å². The maximum atomic E-state index is 10.7. The third kappa shape index (κ3) is 5.55. The first-order valence-electron chi connectivity index (χ1n) is 5.65. The second-order valence-electron chi connectivity index (χ2n) is 3.80. The van der Waals surface area contributed by atoms with E-state index in [1.54, 1.807) is 6.08 Å². The number of allylic oxidation sites excluding steroid dienone is 1. The van der Waals surface area contributed by atoms with Crippen LogP contribution in [-0.4, -0.2) is 33.8 Å². The number of primary amides is 1. The van der Waals surface area contributed by atoms with Gasteiger partial charge in [0.05, 0.1) is 12.1 Å². The third-order valence-corrected chi connectivity index (χ3v) is 2.17. The maximum absolute atomic E-state index is 10.7. The van der Waals surface area contributed by atoms with E-state index in [1.807, 2.05) is 30.3 Å². The Kier molecular flexibility index (Phi) is 5.63. The van der Waals surface area contributed by atoms with Gasteiger partial charge >= 0.3 is 11.9 Å². The number of aliphatic carboxylic acids is 2. The highest BCUT2D eigenvalue weighted by atomic mass is 16.6. The number of carbonyl (C=O) groups excluding carboxylic acids is 1. The summed E-state index contributed by atoms with van der Waals surface area (Å²) >= 11 is 0. The van der Waals surface area contributed by atoms with Gasteiger partial charge in [-0.15, -0.1) is 0 Å². The lowest BCUT2D eigenvalue weighted by Crippen LogP contribution is -2.15. The number of amides is 1. The molecule has 0 unspecified atom stereocenters. The van der Waals surface area contributed by atoms with Crippen molar-refractivity contribution in [2.24, 2.45) is 10.9 Å². The van der Waals surface area contributed by atoms with Crippen molar-refractivity contribution in [3.05, 3.63) is 35.9 Å². The van der Waals surface area contributed by atoms with Crippen molar-refractivity contribution < 1.29 is 29.4 Å². The van der Waals surface area contributed by atoms with E-state index in [1.165, 1.54) is 0 Å². The van der Waals surface area contributed by atoms with Gasteiger partial charge in [0.15, 0.2) is 5.75 Å². The largest absolute Gasteiger partial charge is 0.473 e. The number of hydrogen-bond acceptors (Lipinski definition) is 5. The fourth-order valence-corrected chi connectivity index (χ4v) is 1.30. The molecule has 0 bridgehead atoms. The summed E-state index contributed by atoms with van der Waals surface area (Å²) in [5.41, 5.74) is 6.53. The van der Waals surface area contributed by atoms with Gasteiger partial charge in [-0.25, -0.2) is 9.59 Å². The van der Waals surface area contributed by atoms with Crippen molar-refractivity contribution in [1.29, 1.82) is 0 Å². The molecule has 1 aliphatic rings. The average Bonchev–Trinajstić information content (AvgIpc) is 2.62. The number of carbonyl (C=O) groups is 3. The van der Waals surface area contributed by atoms with Gasteiger partial charge in [0.2, 0.25) is 5.91 Å². The van der Waals surface area contributed by atoms with Crippen molar-refractivity contribution in [3.63, 3.8) is 0 Å². The SMILES string of the molecule is NC(=O)CC1=NOc2ccccc2C=C1.O=C(O)C(=O)O. The van der Waals surface area contributed by atoms with Crippen LogP contribution in [0.3, 0.4) is 0 Å². The highest BCUT2D eigenvalue weighted by Gasteiger charge is 2.07. The molecule has 0 aliphatic carbocycles. The molecule has 8 nitrogen and oxygen atoms in total. The van der Waals surface area contributed by atoms with Crippen LogP contribution in [0.5, 0.6) is 5.75 Å². The van der Waals surface area contributed by atoms with Gasteiger partial charge in [0.1, 0.15) is 0 Å². The third-order valence-electron chi connectivity index (χ3n) is 2.17. The Morgan fingerprint density at radius 3 is 2.29 bits per heavy atom. The lowest BCUT2D eigenvalue weighted by Gasteiger charge is -1.99. The van der Waals surface area contributed by atoms with E-state index in [4.69, 9.17) is 30.4 Å². The molecule has 0 spiro atoms. The molecule has 0 fully saturated rings. The van der Waals surface area contributed by atoms with Gasteiger partial charge in [-0.2, -0.15) is 0 Å². The van der Waals surface area contributed by atoms with Gasteiger partial charge in [-0.1, -0.05) is 23.4 Å². The number of benzene rings is 1. The zero-order valence-corrected chi connectivity index (χ0v) is 10.7. The van der Waals surface area contributed by atoms with Crippen LogP contribution in [0.4, 0.5) is 0 Å². The maximum Gasteiger partial charge on any atom is 0.414 e. The Balaban J connectivity index is 0.000000315. The molecule has 0 atom stereocenters. The predicted molar refractivity (Wildman–Crippen MR) is 72.6 cm³/mol. The molecule has 1 aromatic rings. The Bertz CT molecular complexity index is 609. The minimum Gasteiger partial charge on any atom is -0.473 e. The van der Waals surface area contributed by atoms with Crippen molar-refractivity contribution in [2.45, 2.75) is 6.42 Å². The van der Waals surface area contributed by atoms with Crippen LogP contribution >= 0.6 is 0 Å². The minimum atomic E-state index is -1.82. The van der Waals surface area contributed by atoms with Crippen LogP contribution in [0.15, 0.2) is 35.5 Å². The summed E-state index contributed by atoms with van der Waals surface area (Å²) in [6, 6.07) is 7.50. The van der Waals surface area contributed by atoms with Gasteiger partial charge in [-0.3, -0.25) is 4.79 Å². The first-order chi connectivity index (χ1) is 9.90. The van der Waals surface area contributed by atoms with Crippen LogP contribution < -0.4 is 10.6 Å². The lowest BCUT2D eigenvalue weighted by atomic mass is 10.1. The topological polar surface area (TPSA) is 139 Å². The molecular weight excluding hydrogens is 280 g/mol. The Labute approximate surface area is 119 Å². The van der Waals surface area contributed by atoms with Crippen molar-refractivity contribution in [1.82, 2.24) is 0 Å². The summed E-state index contributed by atoms with van der Waals surface area (Å²) in [5.74, 6) is -3.40. The van der Waals surface area contributed by atoms with E-state index in [9.17, 15) is 4.79 Å². The van der Waals surface area contributed by atoms with Gasteiger partial charge in [0.25, 0.3) is 0 Å². The normalized spacial score (nSPS) is 11.7. The molecule has 0 aromatic heterocycles. The number of carboxylic acid groups (broad SMARTS) is 2. The quantitative estimate of drug-likeness (QED) is 0.677. The van der Waals surface area contributed by atoms with Crippen molar-refractivity contribution in [3.8, 4) is 5.75 Å². The zero-order valence-electron chi connectivity index (χ0n) is 10.7. The smallest absolute Gasteiger partial charge is 0.414 e. The molecule has 0 saturated carbocycles. The number of oxime groups is 1. The Morgan fingerprint density at radius 2 is 1.71 bits per heavy atom. The van der Waals surface area contributed by atoms with Crippen LogP contribution in [0.1, 0.15) is 12.0 Å². The molecule has 1 aromatic carbocycles.